The third-order valence-corrected chi connectivity index (χ3v) is 5.80. The number of hydrogen-bond donors (Lipinski definition) is 2. The summed E-state index contributed by atoms with van der Waals surface area (Å²) in [5.41, 5.74) is 4.32. The minimum atomic E-state index is -0.668. The lowest BCUT2D eigenvalue weighted by atomic mass is 10.1. The van der Waals surface area contributed by atoms with Crippen molar-refractivity contribution in [2.24, 2.45) is 0 Å². The Labute approximate surface area is 191 Å². The van der Waals surface area contributed by atoms with Gasteiger partial charge in [-0.2, -0.15) is 0 Å². The van der Waals surface area contributed by atoms with Gasteiger partial charge in [-0.3, -0.25) is 4.79 Å². The lowest BCUT2D eigenvalue weighted by molar-refractivity contribution is 0.102. The van der Waals surface area contributed by atoms with Crippen LogP contribution in [-0.2, 0) is 6.42 Å². The van der Waals surface area contributed by atoms with Gasteiger partial charge in [0.15, 0.2) is 0 Å². The molecule has 6 nitrogen and oxygen atoms in total. The maximum atomic E-state index is 12.9. The van der Waals surface area contributed by atoms with E-state index in [0.29, 0.717) is 23.1 Å². The van der Waals surface area contributed by atoms with Crippen molar-refractivity contribution in [2.45, 2.75) is 19.5 Å². The standard InChI is InChI=1S/C27H23N3O3/c1-3-7-18-9-4-11-20-15-22(27(32)33-24(18)20)26(31)28-21-12-5-10-19(14-21)23-16-30-13-6-8-17(2)25(30)29-23/h3-6,8-16,25,29H,1,7H2,2H3,(H,28,31)/t25-/m1/s1. The van der Waals surface area contributed by atoms with Gasteiger partial charge in [-0.05, 0) is 48.8 Å². The second-order valence-corrected chi connectivity index (χ2v) is 8.10. The fraction of sp³-hybridized carbons (Fsp3) is 0.111. The first kappa shape index (κ1) is 20.6. The van der Waals surface area contributed by atoms with Gasteiger partial charge in [0.05, 0.1) is 5.70 Å². The maximum absolute atomic E-state index is 12.9. The van der Waals surface area contributed by atoms with E-state index in [9.17, 15) is 9.59 Å². The Morgan fingerprint density at radius 1 is 1.24 bits per heavy atom. The van der Waals surface area contributed by atoms with Crippen molar-refractivity contribution in [2.75, 3.05) is 5.32 Å². The molecule has 0 fully saturated rings. The molecule has 2 aliphatic rings. The number of benzene rings is 2. The molecule has 0 aliphatic carbocycles. The van der Waals surface area contributed by atoms with Gasteiger partial charge in [-0.1, -0.05) is 42.5 Å². The van der Waals surface area contributed by atoms with Crippen molar-refractivity contribution >= 4 is 28.3 Å². The van der Waals surface area contributed by atoms with E-state index in [1.165, 1.54) is 5.57 Å². The van der Waals surface area contributed by atoms with Gasteiger partial charge in [0.2, 0.25) is 0 Å². The molecule has 0 unspecified atom stereocenters. The van der Waals surface area contributed by atoms with Crippen molar-refractivity contribution in [3.63, 3.8) is 0 Å². The molecule has 164 valence electrons. The van der Waals surface area contributed by atoms with Crippen LogP contribution < -0.4 is 16.3 Å². The summed E-state index contributed by atoms with van der Waals surface area (Å²) in [7, 11) is 0. The zero-order chi connectivity index (χ0) is 22.9. The molecule has 0 saturated carbocycles. The first-order valence-corrected chi connectivity index (χ1v) is 10.7. The van der Waals surface area contributed by atoms with Crippen molar-refractivity contribution < 1.29 is 9.21 Å². The largest absolute Gasteiger partial charge is 0.422 e. The monoisotopic (exact) mass is 437 g/mol. The number of carbonyl (C=O) groups excluding carboxylic acids is 1. The van der Waals surface area contributed by atoms with Crippen molar-refractivity contribution in [1.29, 1.82) is 0 Å². The highest BCUT2D eigenvalue weighted by Gasteiger charge is 2.25. The lowest BCUT2D eigenvalue weighted by Crippen LogP contribution is -2.35. The number of carbonyl (C=O) groups is 1. The van der Waals surface area contributed by atoms with Crippen LogP contribution in [0.3, 0.4) is 0 Å². The second kappa shape index (κ2) is 8.31. The van der Waals surface area contributed by atoms with Gasteiger partial charge < -0.3 is 20.0 Å². The molecular formula is C27H23N3O3. The van der Waals surface area contributed by atoms with E-state index >= 15 is 0 Å². The summed E-state index contributed by atoms with van der Waals surface area (Å²) >= 11 is 0. The number of rotatable bonds is 5. The molecule has 3 aromatic rings. The number of nitrogens with one attached hydrogen (secondary N) is 2. The van der Waals surface area contributed by atoms with Crippen LogP contribution in [-0.4, -0.2) is 17.0 Å². The topological polar surface area (TPSA) is 74.6 Å². The minimum Gasteiger partial charge on any atom is -0.422 e. The number of nitrogens with zero attached hydrogens (tertiary/aromatic N) is 1. The van der Waals surface area contributed by atoms with Crippen LogP contribution in [0.2, 0.25) is 0 Å². The third kappa shape index (κ3) is 3.87. The number of hydrogen-bond acceptors (Lipinski definition) is 5. The SMILES string of the molecule is C=CCc1cccc2cc(C(=O)Nc3cccc(C4=CN5C=CC=C(C)[C@@H]5N4)c3)c(=O)oc12. The minimum absolute atomic E-state index is 0.0371. The van der Waals surface area contributed by atoms with Crippen LogP contribution in [0.25, 0.3) is 16.7 Å². The Morgan fingerprint density at radius 2 is 2.09 bits per heavy atom. The molecule has 1 atom stereocenters. The molecule has 5 rings (SSSR count). The van der Waals surface area contributed by atoms with Crippen LogP contribution in [0.5, 0.6) is 0 Å². The summed E-state index contributed by atoms with van der Waals surface area (Å²) in [5, 5.41) is 7.02. The highest BCUT2D eigenvalue weighted by molar-refractivity contribution is 6.05. The summed E-state index contributed by atoms with van der Waals surface area (Å²) in [5.74, 6) is -0.510. The number of anilines is 1. The average molecular weight is 437 g/mol. The van der Waals surface area contributed by atoms with Crippen LogP contribution in [0.15, 0.2) is 101 Å². The van der Waals surface area contributed by atoms with Gasteiger partial charge in [-0.15, -0.1) is 6.58 Å². The summed E-state index contributed by atoms with van der Waals surface area (Å²) in [6.07, 6.45) is 10.6. The van der Waals surface area contributed by atoms with E-state index in [1.54, 1.807) is 18.2 Å². The van der Waals surface area contributed by atoms with Gasteiger partial charge in [0.25, 0.3) is 5.91 Å². The molecule has 0 saturated heterocycles. The fourth-order valence-corrected chi connectivity index (χ4v) is 4.15. The van der Waals surface area contributed by atoms with Crippen LogP contribution in [0, 0.1) is 0 Å². The highest BCUT2D eigenvalue weighted by Crippen LogP contribution is 2.28. The summed E-state index contributed by atoms with van der Waals surface area (Å²) in [6.45, 7) is 5.82. The third-order valence-electron chi connectivity index (χ3n) is 5.80. The Kier molecular flexibility index (Phi) is 5.18. The summed E-state index contributed by atoms with van der Waals surface area (Å²) in [4.78, 5) is 27.6. The highest BCUT2D eigenvalue weighted by atomic mass is 16.4. The van der Waals surface area contributed by atoms with Gasteiger partial charge >= 0.3 is 5.63 Å². The first-order chi connectivity index (χ1) is 16.0. The molecule has 33 heavy (non-hydrogen) atoms. The number of para-hydroxylation sites is 1. The maximum Gasteiger partial charge on any atom is 0.349 e. The molecule has 1 aromatic heterocycles. The molecule has 0 spiro atoms. The van der Waals surface area contributed by atoms with E-state index in [2.05, 4.69) is 35.1 Å². The van der Waals surface area contributed by atoms with E-state index in [4.69, 9.17) is 4.42 Å². The molecule has 3 heterocycles. The van der Waals surface area contributed by atoms with Crippen molar-refractivity contribution in [1.82, 2.24) is 10.2 Å². The average Bonchev–Trinajstić information content (AvgIpc) is 3.25. The van der Waals surface area contributed by atoms with E-state index < -0.39 is 11.5 Å². The molecule has 2 aliphatic heterocycles. The molecule has 1 amide bonds. The van der Waals surface area contributed by atoms with Crippen molar-refractivity contribution in [3.8, 4) is 0 Å². The predicted octanol–water partition coefficient (Wildman–Crippen LogP) is 4.78. The van der Waals surface area contributed by atoms with Crippen LogP contribution in [0.1, 0.15) is 28.4 Å². The molecule has 6 heteroatoms. The Morgan fingerprint density at radius 3 is 2.91 bits per heavy atom. The number of fused-ring (bicyclic) bond motifs is 2. The predicted molar refractivity (Wildman–Crippen MR) is 130 cm³/mol. The van der Waals surface area contributed by atoms with Gasteiger partial charge in [-0.25, -0.2) is 4.79 Å². The molecule has 0 bridgehead atoms. The normalized spacial score (nSPS) is 16.6. The Balaban J connectivity index is 1.40. The smallest absolute Gasteiger partial charge is 0.349 e. The lowest BCUT2D eigenvalue weighted by Gasteiger charge is -2.25. The molecule has 0 radical (unpaired) electrons. The molecular weight excluding hydrogens is 414 g/mol. The number of amides is 1. The van der Waals surface area contributed by atoms with Crippen molar-refractivity contribution in [3.05, 3.63) is 118 Å². The summed E-state index contributed by atoms with van der Waals surface area (Å²) < 4.78 is 5.50. The quantitative estimate of drug-likeness (QED) is 0.444. The second-order valence-electron chi connectivity index (χ2n) is 8.10. The summed E-state index contributed by atoms with van der Waals surface area (Å²) in [6, 6.07) is 14.7. The number of allylic oxidation sites excluding steroid dienone is 3. The molecule has 2 N–H and O–H groups in total. The van der Waals surface area contributed by atoms with Crippen LogP contribution >= 0.6 is 0 Å². The fourth-order valence-electron chi connectivity index (χ4n) is 4.15. The van der Waals surface area contributed by atoms with Crippen LogP contribution in [0.4, 0.5) is 5.69 Å². The van der Waals surface area contributed by atoms with Gasteiger partial charge in [0.1, 0.15) is 17.3 Å². The van der Waals surface area contributed by atoms with E-state index in [0.717, 1.165) is 16.8 Å². The Bertz CT molecular complexity index is 1430. The van der Waals surface area contributed by atoms with E-state index in [1.807, 2.05) is 54.9 Å². The zero-order valence-electron chi connectivity index (χ0n) is 18.2. The van der Waals surface area contributed by atoms with E-state index in [-0.39, 0.29) is 11.7 Å². The van der Waals surface area contributed by atoms with Gasteiger partial charge in [0, 0.05) is 29.0 Å². The Hall–Kier alpha value is -4.32. The first-order valence-electron chi connectivity index (χ1n) is 10.7. The zero-order valence-corrected chi connectivity index (χ0v) is 18.2. The molecule has 2 aromatic carbocycles.